The molecule has 7 heteroatoms. The van der Waals surface area contributed by atoms with Crippen LogP contribution in [0.2, 0.25) is 0 Å². The smallest absolute Gasteiger partial charge is 0.310 e. The fourth-order valence-electron chi connectivity index (χ4n) is 4.32. The van der Waals surface area contributed by atoms with Crippen LogP contribution in [-0.2, 0) is 9.53 Å². The van der Waals surface area contributed by atoms with Gasteiger partial charge in [-0.3, -0.25) is 9.28 Å². The average Bonchev–Trinajstić information content (AvgIpc) is 3.20. The first-order valence-electron chi connectivity index (χ1n) is 12.1. The summed E-state index contributed by atoms with van der Waals surface area (Å²) in [4.78, 5) is 12.5. The van der Waals surface area contributed by atoms with Crippen LogP contribution < -0.4 is 4.74 Å². The van der Waals surface area contributed by atoms with Gasteiger partial charge in [-0.15, -0.1) is 4.37 Å². The molecule has 2 heterocycles. The van der Waals surface area contributed by atoms with E-state index in [1.807, 2.05) is 0 Å². The van der Waals surface area contributed by atoms with Crippen LogP contribution >= 0.6 is 11.7 Å². The third-order valence-electron chi connectivity index (χ3n) is 5.98. The van der Waals surface area contributed by atoms with E-state index in [9.17, 15) is 4.79 Å². The average molecular weight is 453 g/mol. The number of hydrogen-bond donors (Lipinski definition) is 0. The van der Waals surface area contributed by atoms with E-state index in [4.69, 9.17) is 9.47 Å². The van der Waals surface area contributed by atoms with Gasteiger partial charge >= 0.3 is 5.97 Å². The van der Waals surface area contributed by atoms with Crippen LogP contribution in [-0.4, -0.2) is 52.2 Å². The number of ether oxygens (including phenoxy) is 2. The number of likely N-dealkylation sites (N-methyl/N-ethyl adjacent to an activating group) is 1. The van der Waals surface area contributed by atoms with Crippen LogP contribution in [0.15, 0.2) is 6.08 Å². The molecule has 1 aromatic heterocycles. The second kappa shape index (κ2) is 13.2. The summed E-state index contributed by atoms with van der Waals surface area (Å²) in [6.07, 6.45) is 11.3. The van der Waals surface area contributed by atoms with Gasteiger partial charge in [0, 0.05) is 24.3 Å². The van der Waals surface area contributed by atoms with Crippen molar-refractivity contribution in [2.75, 3.05) is 26.7 Å². The number of hydrogen-bond acceptors (Lipinski definition) is 6. The lowest BCUT2D eigenvalue weighted by atomic mass is 10.0. The second-order valence-corrected chi connectivity index (χ2v) is 9.82. The normalized spacial score (nSPS) is 19.9. The zero-order valence-electron chi connectivity index (χ0n) is 20.2. The molecule has 0 N–H and O–H groups in total. The van der Waals surface area contributed by atoms with E-state index in [2.05, 4.69) is 49.6 Å². The minimum absolute atomic E-state index is 0.0750. The topological polar surface area (TPSA) is 61.3 Å². The Morgan fingerprint density at radius 1 is 1.13 bits per heavy atom. The molecule has 0 saturated carbocycles. The Kier molecular flexibility index (Phi) is 10.9. The lowest BCUT2D eigenvalue weighted by Crippen LogP contribution is -2.58. The van der Waals surface area contributed by atoms with Gasteiger partial charge in [0.2, 0.25) is 6.23 Å². The number of esters is 1. The molecule has 0 amide bonds. The van der Waals surface area contributed by atoms with Gasteiger partial charge in [-0.05, 0) is 12.8 Å². The van der Waals surface area contributed by atoms with Gasteiger partial charge in [-0.1, -0.05) is 65.9 Å². The number of carbonyl (C=O) groups is 1. The Hall–Kier alpha value is -1.47. The highest BCUT2D eigenvalue weighted by Gasteiger charge is 2.41. The highest BCUT2D eigenvalue weighted by molar-refractivity contribution is 6.99. The number of carbonyl (C=O) groups excluding carboxylic acids is 1. The van der Waals surface area contributed by atoms with E-state index in [-0.39, 0.29) is 18.1 Å². The van der Waals surface area contributed by atoms with Crippen LogP contribution in [0, 0.1) is 5.92 Å². The van der Waals surface area contributed by atoms with Crippen LogP contribution in [0.5, 0.6) is 5.88 Å². The summed E-state index contributed by atoms with van der Waals surface area (Å²) in [5, 5.41) is 0. The maximum absolute atomic E-state index is 12.5. The van der Waals surface area contributed by atoms with E-state index in [0.717, 1.165) is 56.5 Å². The molecule has 1 aromatic rings. The van der Waals surface area contributed by atoms with Gasteiger partial charge in [-0.2, -0.15) is 4.37 Å². The van der Waals surface area contributed by atoms with E-state index in [1.54, 1.807) is 0 Å². The summed E-state index contributed by atoms with van der Waals surface area (Å²) < 4.78 is 21.7. The van der Waals surface area contributed by atoms with Crippen LogP contribution in [0.1, 0.15) is 91.2 Å². The fraction of sp³-hybridized carbons (Fsp3) is 0.792. The minimum Gasteiger partial charge on any atom is -0.475 e. The van der Waals surface area contributed by atoms with Gasteiger partial charge in [0.05, 0.1) is 31.9 Å². The Labute approximate surface area is 192 Å². The summed E-state index contributed by atoms with van der Waals surface area (Å²) >= 11 is 1.21. The van der Waals surface area contributed by atoms with E-state index in [0.29, 0.717) is 23.4 Å². The van der Waals surface area contributed by atoms with Gasteiger partial charge < -0.3 is 9.47 Å². The standard InChI is InChI=1S/C24H42N3O3S/c1-6-8-10-12-17-29-23-22(25-31-26-23)20-14-13-16-27(5,18-20)24(19(3)4)30-21(28)15-11-9-7-2/h14,19,24H,6-13,15-18H2,1-5H3/q+1. The number of quaternary nitrogens is 1. The Bertz CT molecular complexity index is 704. The summed E-state index contributed by atoms with van der Waals surface area (Å²) in [7, 11) is 2.20. The maximum Gasteiger partial charge on any atom is 0.310 e. The molecule has 0 bridgehead atoms. The summed E-state index contributed by atoms with van der Waals surface area (Å²) in [6.45, 7) is 11.0. The van der Waals surface area contributed by atoms with Gasteiger partial charge in [-0.25, -0.2) is 0 Å². The first-order valence-corrected chi connectivity index (χ1v) is 12.8. The van der Waals surface area contributed by atoms with Gasteiger partial charge in [0.1, 0.15) is 12.2 Å². The number of unbranched alkanes of at least 4 members (excludes halogenated alkanes) is 5. The predicted molar refractivity (Wildman–Crippen MR) is 127 cm³/mol. The Balaban J connectivity index is 2.04. The van der Waals surface area contributed by atoms with Crippen molar-refractivity contribution in [2.24, 2.45) is 5.92 Å². The monoisotopic (exact) mass is 452 g/mol. The third-order valence-corrected chi connectivity index (χ3v) is 6.49. The zero-order chi connectivity index (χ0) is 22.7. The SMILES string of the molecule is CCCCCCOc1nsnc1C1=CCC[N+](C)(C(OC(=O)CCCCC)C(C)C)C1. The minimum atomic E-state index is -0.164. The first kappa shape index (κ1) is 25.8. The molecular formula is C24H42N3O3S+. The largest absolute Gasteiger partial charge is 0.475 e. The third kappa shape index (κ3) is 7.86. The van der Waals surface area contributed by atoms with Crippen molar-refractivity contribution in [1.29, 1.82) is 0 Å². The molecule has 31 heavy (non-hydrogen) atoms. The van der Waals surface area contributed by atoms with Crippen molar-refractivity contribution in [3.63, 3.8) is 0 Å². The molecule has 1 aliphatic heterocycles. The van der Waals surface area contributed by atoms with Crippen molar-refractivity contribution < 1.29 is 18.8 Å². The van der Waals surface area contributed by atoms with Crippen molar-refractivity contribution in [3.05, 3.63) is 11.8 Å². The molecule has 0 fully saturated rings. The van der Waals surface area contributed by atoms with Crippen LogP contribution in [0.3, 0.4) is 0 Å². The predicted octanol–water partition coefficient (Wildman–Crippen LogP) is 5.84. The van der Waals surface area contributed by atoms with Crippen molar-refractivity contribution in [1.82, 2.24) is 8.75 Å². The van der Waals surface area contributed by atoms with E-state index >= 15 is 0 Å². The fourth-order valence-corrected chi connectivity index (χ4v) is 4.85. The number of nitrogens with zero attached hydrogens (tertiary/aromatic N) is 3. The molecule has 0 saturated heterocycles. The van der Waals surface area contributed by atoms with Crippen LogP contribution in [0.25, 0.3) is 5.57 Å². The molecule has 176 valence electrons. The number of aromatic nitrogens is 2. The van der Waals surface area contributed by atoms with Crippen LogP contribution in [0.4, 0.5) is 0 Å². The molecule has 0 radical (unpaired) electrons. The van der Waals surface area contributed by atoms with Crippen molar-refractivity contribution in [3.8, 4) is 5.88 Å². The number of rotatable bonds is 14. The Morgan fingerprint density at radius 2 is 1.87 bits per heavy atom. The van der Waals surface area contributed by atoms with Crippen molar-refractivity contribution >= 4 is 23.3 Å². The zero-order valence-corrected chi connectivity index (χ0v) is 21.0. The molecule has 2 rings (SSSR count). The van der Waals surface area contributed by atoms with Gasteiger partial charge in [0.25, 0.3) is 5.88 Å². The lowest BCUT2D eigenvalue weighted by Gasteiger charge is -2.44. The van der Waals surface area contributed by atoms with E-state index < -0.39 is 0 Å². The highest BCUT2D eigenvalue weighted by atomic mass is 32.1. The van der Waals surface area contributed by atoms with Crippen molar-refractivity contribution in [2.45, 2.75) is 91.7 Å². The molecule has 2 atom stereocenters. The molecule has 2 unspecified atom stereocenters. The molecule has 1 aliphatic rings. The lowest BCUT2D eigenvalue weighted by molar-refractivity contribution is -0.950. The second-order valence-electron chi connectivity index (χ2n) is 9.29. The summed E-state index contributed by atoms with van der Waals surface area (Å²) in [6, 6.07) is 0. The summed E-state index contributed by atoms with van der Waals surface area (Å²) in [5.74, 6) is 0.815. The van der Waals surface area contributed by atoms with Gasteiger partial charge in [0.15, 0.2) is 0 Å². The van der Waals surface area contributed by atoms with E-state index in [1.165, 1.54) is 31.0 Å². The Morgan fingerprint density at radius 3 is 2.58 bits per heavy atom. The molecule has 0 spiro atoms. The quantitative estimate of drug-likeness (QED) is 0.202. The maximum atomic E-state index is 12.5. The first-order chi connectivity index (χ1) is 14.9. The summed E-state index contributed by atoms with van der Waals surface area (Å²) in [5.41, 5.74) is 2.01. The molecule has 0 aromatic carbocycles. The molecule has 0 aliphatic carbocycles. The molecule has 6 nitrogen and oxygen atoms in total. The molecular weight excluding hydrogens is 410 g/mol. The highest BCUT2D eigenvalue weighted by Crippen LogP contribution is 2.33.